The molecule has 0 saturated carbocycles. The monoisotopic (exact) mass is 482 g/mol. The predicted octanol–water partition coefficient (Wildman–Crippen LogP) is 3.72. The van der Waals surface area contributed by atoms with Crippen molar-refractivity contribution in [3.63, 3.8) is 0 Å². The Morgan fingerprint density at radius 3 is 2.44 bits per heavy atom. The van der Waals surface area contributed by atoms with Crippen molar-refractivity contribution in [2.75, 3.05) is 27.3 Å². The lowest BCUT2D eigenvalue weighted by atomic mass is 10.0. The van der Waals surface area contributed by atoms with Crippen LogP contribution in [-0.2, 0) is 27.9 Å². The maximum atomic E-state index is 13.2. The van der Waals surface area contributed by atoms with Crippen LogP contribution in [0.1, 0.15) is 22.7 Å². The van der Waals surface area contributed by atoms with Gasteiger partial charge in [-0.3, -0.25) is 4.84 Å². The molecule has 7 nitrogen and oxygen atoms in total. The van der Waals surface area contributed by atoms with E-state index in [0.717, 1.165) is 28.2 Å². The molecule has 1 saturated heterocycles. The van der Waals surface area contributed by atoms with Crippen LogP contribution in [-0.4, -0.2) is 46.0 Å². The molecule has 3 aromatic carbocycles. The Morgan fingerprint density at radius 2 is 1.71 bits per heavy atom. The summed E-state index contributed by atoms with van der Waals surface area (Å²) < 4.78 is 40.3. The van der Waals surface area contributed by atoms with E-state index in [0.29, 0.717) is 13.0 Å². The third-order valence-corrected chi connectivity index (χ3v) is 7.74. The topological polar surface area (TPSA) is 77.1 Å². The number of nitrogens with one attached hydrogen (secondary N) is 1. The molecule has 180 valence electrons. The lowest BCUT2D eigenvalue weighted by Gasteiger charge is -2.23. The van der Waals surface area contributed by atoms with E-state index in [1.807, 2.05) is 78.9 Å². The van der Waals surface area contributed by atoms with Crippen LogP contribution in [0.25, 0.3) is 0 Å². The summed E-state index contributed by atoms with van der Waals surface area (Å²) in [7, 11) is -0.258. The van der Waals surface area contributed by atoms with Gasteiger partial charge in [0.15, 0.2) is 0 Å². The highest BCUT2D eigenvalue weighted by Crippen LogP contribution is 2.34. The Kier molecular flexibility index (Phi) is 7.84. The second-order valence-corrected chi connectivity index (χ2v) is 10.2. The number of hydrogen-bond donors (Lipinski definition) is 1. The fraction of sp³-hybridized carbons (Fsp3) is 0.308. The van der Waals surface area contributed by atoms with E-state index in [4.69, 9.17) is 14.3 Å². The Morgan fingerprint density at radius 1 is 1.00 bits per heavy atom. The molecule has 2 atom stereocenters. The van der Waals surface area contributed by atoms with Gasteiger partial charge in [-0.2, -0.15) is 5.06 Å². The van der Waals surface area contributed by atoms with Gasteiger partial charge in [-0.15, -0.1) is 0 Å². The molecule has 34 heavy (non-hydrogen) atoms. The van der Waals surface area contributed by atoms with Gasteiger partial charge >= 0.3 is 0 Å². The standard InChI is InChI=1S/C26H30N2O5S/c1-28-26(22-12-14-23(15-13-22)32-18-20-8-4-3-5-9-20)25(19-33-28)34(29,30)27-17-16-21-10-6-7-11-24(21)31-2/h3-15,25-27H,16-19H2,1-2H3/t25-,26+/m0/s1. The van der Waals surface area contributed by atoms with E-state index in [1.54, 1.807) is 19.2 Å². The summed E-state index contributed by atoms with van der Waals surface area (Å²) in [6.45, 7) is 0.846. The number of benzene rings is 3. The zero-order chi connectivity index (χ0) is 24.0. The van der Waals surface area contributed by atoms with Crippen LogP contribution in [0.2, 0.25) is 0 Å². The Bertz CT molecular complexity index is 1170. The predicted molar refractivity (Wildman–Crippen MR) is 131 cm³/mol. The number of methoxy groups -OCH3 is 1. The number of ether oxygens (including phenoxy) is 2. The average Bonchev–Trinajstić information content (AvgIpc) is 3.26. The highest BCUT2D eigenvalue weighted by Gasteiger charge is 2.43. The quantitative estimate of drug-likeness (QED) is 0.475. The molecule has 1 heterocycles. The maximum Gasteiger partial charge on any atom is 0.218 e. The van der Waals surface area contributed by atoms with Crippen LogP contribution in [0, 0.1) is 0 Å². The van der Waals surface area contributed by atoms with Crippen LogP contribution in [0.4, 0.5) is 0 Å². The summed E-state index contributed by atoms with van der Waals surface area (Å²) in [5.41, 5.74) is 2.89. The van der Waals surface area contributed by atoms with E-state index in [-0.39, 0.29) is 13.2 Å². The number of rotatable bonds is 10. The van der Waals surface area contributed by atoms with Crippen LogP contribution >= 0.6 is 0 Å². The summed E-state index contributed by atoms with van der Waals surface area (Å²) in [5.74, 6) is 1.47. The fourth-order valence-electron chi connectivity index (χ4n) is 4.13. The van der Waals surface area contributed by atoms with Crippen molar-refractivity contribution in [1.29, 1.82) is 0 Å². The van der Waals surface area contributed by atoms with E-state index in [1.165, 1.54) is 0 Å². The summed E-state index contributed by atoms with van der Waals surface area (Å²) >= 11 is 0. The van der Waals surface area contributed by atoms with Crippen LogP contribution in [0.3, 0.4) is 0 Å². The second-order valence-electron chi connectivity index (χ2n) is 8.17. The second kappa shape index (κ2) is 11.0. The first-order valence-corrected chi connectivity index (χ1v) is 12.8. The number of hydroxylamine groups is 2. The minimum atomic E-state index is -3.63. The van der Waals surface area contributed by atoms with E-state index < -0.39 is 21.3 Å². The number of hydrogen-bond acceptors (Lipinski definition) is 6. The van der Waals surface area contributed by atoms with Gasteiger partial charge in [-0.1, -0.05) is 60.7 Å². The van der Waals surface area contributed by atoms with Gasteiger partial charge in [0.25, 0.3) is 0 Å². The Labute approximate surface area is 201 Å². The highest BCUT2D eigenvalue weighted by atomic mass is 32.2. The number of sulfonamides is 1. The fourth-order valence-corrected chi connectivity index (χ4v) is 5.64. The molecule has 0 bridgehead atoms. The maximum absolute atomic E-state index is 13.2. The molecule has 1 fully saturated rings. The van der Waals surface area contributed by atoms with Gasteiger partial charge in [-0.05, 0) is 41.3 Å². The molecule has 0 unspecified atom stereocenters. The molecule has 0 aliphatic carbocycles. The van der Waals surface area contributed by atoms with E-state index in [2.05, 4.69) is 4.72 Å². The normalized spacial score (nSPS) is 18.6. The lowest BCUT2D eigenvalue weighted by Crippen LogP contribution is -2.40. The van der Waals surface area contributed by atoms with E-state index in [9.17, 15) is 8.42 Å². The van der Waals surface area contributed by atoms with Gasteiger partial charge in [-0.25, -0.2) is 13.1 Å². The van der Waals surface area contributed by atoms with Crippen molar-refractivity contribution in [3.8, 4) is 11.5 Å². The third-order valence-electron chi connectivity index (χ3n) is 5.94. The van der Waals surface area contributed by atoms with Gasteiger partial charge in [0.2, 0.25) is 10.0 Å². The number of para-hydroxylation sites is 1. The lowest BCUT2D eigenvalue weighted by molar-refractivity contribution is -0.110. The summed E-state index contributed by atoms with van der Waals surface area (Å²) in [6, 6.07) is 24.6. The molecular weight excluding hydrogens is 452 g/mol. The minimum Gasteiger partial charge on any atom is -0.496 e. The largest absolute Gasteiger partial charge is 0.496 e. The molecule has 0 spiro atoms. The Balaban J connectivity index is 1.40. The van der Waals surface area contributed by atoms with Gasteiger partial charge in [0.1, 0.15) is 23.4 Å². The molecule has 3 aromatic rings. The van der Waals surface area contributed by atoms with Crippen molar-refractivity contribution < 1.29 is 22.7 Å². The van der Waals surface area contributed by atoms with Crippen LogP contribution in [0.5, 0.6) is 11.5 Å². The molecule has 1 aliphatic heterocycles. The molecule has 0 amide bonds. The molecule has 8 heteroatoms. The Hall–Kier alpha value is -2.91. The van der Waals surface area contributed by atoms with Gasteiger partial charge in [0, 0.05) is 13.6 Å². The number of nitrogens with zero attached hydrogens (tertiary/aromatic N) is 1. The molecule has 4 rings (SSSR count). The summed E-state index contributed by atoms with van der Waals surface area (Å²) in [5, 5.41) is 0.885. The third kappa shape index (κ3) is 5.77. The highest BCUT2D eigenvalue weighted by molar-refractivity contribution is 7.90. The van der Waals surface area contributed by atoms with Crippen molar-refractivity contribution in [2.45, 2.75) is 24.3 Å². The molecule has 1 aliphatic rings. The van der Waals surface area contributed by atoms with Crippen molar-refractivity contribution >= 4 is 10.0 Å². The zero-order valence-electron chi connectivity index (χ0n) is 19.4. The van der Waals surface area contributed by atoms with Gasteiger partial charge in [0.05, 0.1) is 19.8 Å². The first kappa shape index (κ1) is 24.2. The van der Waals surface area contributed by atoms with Crippen LogP contribution < -0.4 is 14.2 Å². The average molecular weight is 483 g/mol. The SMILES string of the molecule is COc1ccccc1CCNS(=O)(=O)[C@H]1CON(C)[C@@H]1c1ccc(OCc2ccccc2)cc1. The summed E-state index contributed by atoms with van der Waals surface area (Å²) in [6.07, 6.45) is 0.533. The van der Waals surface area contributed by atoms with Crippen LogP contribution in [0.15, 0.2) is 78.9 Å². The first-order chi connectivity index (χ1) is 16.5. The smallest absolute Gasteiger partial charge is 0.218 e. The van der Waals surface area contributed by atoms with Gasteiger partial charge < -0.3 is 9.47 Å². The zero-order valence-corrected chi connectivity index (χ0v) is 20.2. The van der Waals surface area contributed by atoms with Crippen molar-refractivity contribution in [3.05, 3.63) is 95.6 Å². The van der Waals surface area contributed by atoms with Crippen molar-refractivity contribution in [2.24, 2.45) is 0 Å². The first-order valence-electron chi connectivity index (χ1n) is 11.2. The molecule has 1 N–H and O–H groups in total. The van der Waals surface area contributed by atoms with Crippen molar-refractivity contribution in [1.82, 2.24) is 9.79 Å². The minimum absolute atomic E-state index is 0.0947. The molecule has 0 radical (unpaired) electrons. The molecule has 0 aromatic heterocycles. The summed E-state index contributed by atoms with van der Waals surface area (Å²) in [4.78, 5) is 5.62. The molecular formula is C26H30N2O5S. The van der Waals surface area contributed by atoms with E-state index >= 15 is 0 Å².